The van der Waals surface area contributed by atoms with Gasteiger partial charge < -0.3 is 0 Å². The van der Waals surface area contributed by atoms with Gasteiger partial charge in [-0.15, -0.1) is 0 Å². The summed E-state index contributed by atoms with van der Waals surface area (Å²) in [5.74, 6) is -0.0703. The predicted molar refractivity (Wildman–Crippen MR) is 85.0 cm³/mol. The zero-order chi connectivity index (χ0) is 14.3. The van der Waals surface area contributed by atoms with E-state index in [9.17, 15) is 4.79 Å². The summed E-state index contributed by atoms with van der Waals surface area (Å²) in [6.07, 6.45) is 1.96. The van der Waals surface area contributed by atoms with E-state index in [1.807, 2.05) is 38.1 Å². The maximum atomic E-state index is 12.0. The number of halogens is 1. The van der Waals surface area contributed by atoms with Gasteiger partial charge >= 0.3 is 0 Å². The molecule has 0 saturated carbocycles. The molecule has 2 N–H and O–H groups in total. The zero-order valence-electron chi connectivity index (χ0n) is 11.3. The summed E-state index contributed by atoms with van der Waals surface area (Å²) in [5.41, 5.74) is 7.07. The summed E-state index contributed by atoms with van der Waals surface area (Å²) >= 11 is 3.53. The van der Waals surface area contributed by atoms with Crippen molar-refractivity contribution in [3.63, 3.8) is 0 Å². The minimum atomic E-state index is -0.374. The number of hydrogen-bond donors (Lipinski definition) is 2. The normalized spacial score (nSPS) is 19.6. The third-order valence-electron chi connectivity index (χ3n) is 3.56. The molecule has 102 valence electrons. The largest absolute Gasteiger partial charge is 0.287 e. The van der Waals surface area contributed by atoms with Crippen molar-refractivity contribution in [2.45, 2.75) is 19.4 Å². The van der Waals surface area contributed by atoms with Crippen LogP contribution in [0.15, 0.2) is 46.4 Å². The number of nitrogens with one attached hydrogen (secondary N) is 2. The van der Waals surface area contributed by atoms with Crippen molar-refractivity contribution in [3.05, 3.63) is 52.0 Å². The lowest BCUT2D eigenvalue weighted by Crippen LogP contribution is -2.38. The second-order valence-corrected chi connectivity index (χ2v) is 6.39. The first-order chi connectivity index (χ1) is 9.47. The Hall–Kier alpha value is -1.65. The smallest absolute Gasteiger partial charge is 0.263 e. The van der Waals surface area contributed by atoms with Gasteiger partial charge in [-0.25, -0.2) is 5.43 Å². The van der Waals surface area contributed by atoms with E-state index in [1.54, 1.807) is 0 Å². The molecule has 3 nitrogen and oxygen atoms in total. The van der Waals surface area contributed by atoms with E-state index in [1.165, 1.54) is 0 Å². The molecule has 1 fully saturated rings. The quantitative estimate of drug-likeness (QED) is 0.787. The van der Waals surface area contributed by atoms with Gasteiger partial charge in [-0.1, -0.05) is 40.2 Å². The van der Waals surface area contributed by atoms with E-state index < -0.39 is 0 Å². The van der Waals surface area contributed by atoms with Gasteiger partial charge in [-0.05, 0) is 48.4 Å². The van der Waals surface area contributed by atoms with E-state index in [4.69, 9.17) is 0 Å². The standard InChI is InChI=1S/C16H15BrN2O/c1-16(2)14(15(20)18-19-16)9-11-8-12(17)7-10-5-3-4-6-13(10)11/h3-9,19H,1-2H3,(H,18,20)/b14-9+. The molecular weight excluding hydrogens is 316 g/mol. The summed E-state index contributed by atoms with van der Waals surface area (Å²) in [4.78, 5) is 12.0. The van der Waals surface area contributed by atoms with Crippen molar-refractivity contribution in [3.8, 4) is 0 Å². The van der Waals surface area contributed by atoms with Crippen LogP contribution < -0.4 is 10.9 Å². The number of hydrogen-bond acceptors (Lipinski definition) is 2. The predicted octanol–water partition coefficient (Wildman–Crippen LogP) is 3.40. The topological polar surface area (TPSA) is 41.1 Å². The van der Waals surface area contributed by atoms with E-state index in [0.29, 0.717) is 0 Å². The second-order valence-electron chi connectivity index (χ2n) is 5.48. The molecule has 1 aliphatic rings. The summed E-state index contributed by atoms with van der Waals surface area (Å²) in [6.45, 7) is 3.97. The van der Waals surface area contributed by atoms with Crippen LogP contribution in [0.25, 0.3) is 16.8 Å². The summed E-state index contributed by atoms with van der Waals surface area (Å²) in [5, 5.41) is 2.29. The highest BCUT2D eigenvalue weighted by molar-refractivity contribution is 9.10. The van der Waals surface area contributed by atoms with Crippen LogP contribution in [0.4, 0.5) is 0 Å². The second kappa shape index (κ2) is 4.72. The summed E-state index contributed by atoms with van der Waals surface area (Å²) in [6, 6.07) is 12.3. The Morgan fingerprint density at radius 1 is 1.20 bits per heavy atom. The Bertz CT molecular complexity index is 734. The molecule has 0 atom stereocenters. The van der Waals surface area contributed by atoms with Crippen LogP contribution in [0.1, 0.15) is 19.4 Å². The number of fused-ring (bicyclic) bond motifs is 1. The fourth-order valence-corrected chi connectivity index (χ4v) is 2.95. The first-order valence-corrected chi connectivity index (χ1v) is 7.25. The van der Waals surface area contributed by atoms with E-state index >= 15 is 0 Å². The molecule has 1 aliphatic heterocycles. The van der Waals surface area contributed by atoms with Crippen LogP contribution in [-0.2, 0) is 4.79 Å². The van der Waals surface area contributed by atoms with Gasteiger partial charge in [0.15, 0.2) is 0 Å². The van der Waals surface area contributed by atoms with E-state index in [-0.39, 0.29) is 11.4 Å². The third kappa shape index (κ3) is 2.25. The molecule has 1 amide bonds. The SMILES string of the molecule is CC1(C)NNC(=O)/C1=C\c1cc(Br)cc2ccccc12. The molecule has 0 aliphatic carbocycles. The van der Waals surface area contributed by atoms with Crippen molar-refractivity contribution < 1.29 is 4.79 Å². The molecule has 4 heteroatoms. The Kier molecular flexibility index (Phi) is 3.15. The Morgan fingerprint density at radius 3 is 2.65 bits per heavy atom. The fourth-order valence-electron chi connectivity index (χ4n) is 2.45. The number of carbonyl (C=O) groups excluding carboxylic acids is 1. The van der Waals surface area contributed by atoms with Crippen LogP contribution in [0.3, 0.4) is 0 Å². The molecule has 2 aromatic rings. The maximum absolute atomic E-state index is 12.0. The van der Waals surface area contributed by atoms with Gasteiger partial charge in [0, 0.05) is 10.0 Å². The third-order valence-corrected chi connectivity index (χ3v) is 4.02. The van der Waals surface area contributed by atoms with Gasteiger partial charge in [-0.2, -0.15) is 0 Å². The Labute approximate surface area is 126 Å². The summed E-state index contributed by atoms with van der Waals surface area (Å²) in [7, 11) is 0. The molecule has 0 unspecified atom stereocenters. The average molecular weight is 331 g/mol. The van der Waals surface area contributed by atoms with Gasteiger partial charge in [0.25, 0.3) is 5.91 Å². The van der Waals surface area contributed by atoms with Gasteiger partial charge in [-0.3, -0.25) is 10.2 Å². The van der Waals surface area contributed by atoms with Crippen molar-refractivity contribution in [1.29, 1.82) is 0 Å². The minimum Gasteiger partial charge on any atom is -0.287 e. The Balaban J connectivity index is 2.22. The lowest BCUT2D eigenvalue weighted by molar-refractivity contribution is -0.116. The first kappa shape index (κ1) is 13.3. The molecule has 1 saturated heterocycles. The molecule has 3 rings (SSSR count). The molecule has 2 aromatic carbocycles. The molecular formula is C16H15BrN2O. The van der Waals surface area contributed by atoms with Crippen LogP contribution >= 0.6 is 15.9 Å². The summed E-state index contributed by atoms with van der Waals surface area (Å²) < 4.78 is 1.01. The first-order valence-electron chi connectivity index (χ1n) is 6.45. The highest BCUT2D eigenvalue weighted by atomic mass is 79.9. The molecule has 0 bridgehead atoms. The van der Waals surface area contributed by atoms with Gasteiger partial charge in [0.1, 0.15) is 0 Å². The number of rotatable bonds is 1. The van der Waals surface area contributed by atoms with Crippen LogP contribution in [0.5, 0.6) is 0 Å². The highest BCUT2D eigenvalue weighted by Crippen LogP contribution is 2.29. The lowest BCUT2D eigenvalue weighted by atomic mass is 9.92. The molecule has 0 radical (unpaired) electrons. The minimum absolute atomic E-state index is 0.0703. The van der Waals surface area contributed by atoms with Gasteiger partial charge in [0.2, 0.25) is 0 Å². The number of hydrazine groups is 1. The van der Waals surface area contributed by atoms with Gasteiger partial charge in [0.05, 0.1) is 5.54 Å². The maximum Gasteiger partial charge on any atom is 0.263 e. The number of amides is 1. The van der Waals surface area contributed by atoms with Crippen molar-refractivity contribution in [1.82, 2.24) is 10.9 Å². The highest BCUT2D eigenvalue weighted by Gasteiger charge is 2.34. The molecule has 1 heterocycles. The Morgan fingerprint density at radius 2 is 1.95 bits per heavy atom. The number of benzene rings is 2. The van der Waals surface area contributed by atoms with Crippen molar-refractivity contribution in [2.75, 3.05) is 0 Å². The lowest BCUT2D eigenvalue weighted by Gasteiger charge is -2.17. The van der Waals surface area contributed by atoms with E-state index in [0.717, 1.165) is 26.4 Å². The monoisotopic (exact) mass is 330 g/mol. The average Bonchev–Trinajstić information content (AvgIpc) is 2.65. The molecule has 0 spiro atoms. The van der Waals surface area contributed by atoms with Crippen LogP contribution in [0.2, 0.25) is 0 Å². The number of carbonyl (C=O) groups is 1. The van der Waals surface area contributed by atoms with E-state index in [2.05, 4.69) is 45.0 Å². The zero-order valence-corrected chi connectivity index (χ0v) is 12.9. The van der Waals surface area contributed by atoms with Crippen LogP contribution in [-0.4, -0.2) is 11.4 Å². The van der Waals surface area contributed by atoms with Crippen LogP contribution in [0, 0.1) is 0 Å². The van der Waals surface area contributed by atoms with Crippen molar-refractivity contribution in [2.24, 2.45) is 0 Å². The van der Waals surface area contributed by atoms with Crippen molar-refractivity contribution >= 4 is 38.7 Å². The molecule has 20 heavy (non-hydrogen) atoms. The fraction of sp³-hybridized carbons (Fsp3) is 0.188. The molecule has 0 aromatic heterocycles.